The van der Waals surface area contributed by atoms with Gasteiger partial charge in [0.1, 0.15) is 0 Å². The van der Waals surface area contributed by atoms with Crippen molar-refractivity contribution in [1.82, 2.24) is 4.98 Å². The van der Waals surface area contributed by atoms with E-state index in [9.17, 15) is 4.79 Å². The zero-order valence-electron chi connectivity index (χ0n) is 10.6. The molecule has 4 nitrogen and oxygen atoms in total. The number of pyridine rings is 1. The molecule has 104 valence electrons. The number of benzene rings is 1. The predicted molar refractivity (Wildman–Crippen MR) is 81.3 cm³/mol. The third-order valence-electron chi connectivity index (χ3n) is 2.79. The van der Waals surface area contributed by atoms with Gasteiger partial charge in [0.15, 0.2) is 5.70 Å². The predicted octanol–water partition coefficient (Wildman–Crippen LogP) is 3.73. The third kappa shape index (κ3) is 2.96. The Kier molecular flexibility index (Phi) is 3.73. The molecule has 0 radical (unpaired) electrons. The number of hydrogen-bond acceptors (Lipinski definition) is 4. The molecule has 0 atom stereocenters. The highest BCUT2D eigenvalue weighted by molar-refractivity contribution is 6.37. The number of rotatable bonds is 2. The second-order valence-corrected chi connectivity index (χ2v) is 5.08. The minimum Gasteiger partial charge on any atom is -0.402 e. The minimum absolute atomic E-state index is 0.168. The Hall–Kier alpha value is -2.17. The summed E-state index contributed by atoms with van der Waals surface area (Å²) in [4.78, 5) is 19.9. The monoisotopic (exact) mass is 318 g/mol. The molecular weight excluding hydrogens is 311 g/mol. The van der Waals surface area contributed by atoms with Gasteiger partial charge < -0.3 is 4.74 Å². The van der Waals surface area contributed by atoms with E-state index >= 15 is 0 Å². The van der Waals surface area contributed by atoms with Gasteiger partial charge in [0.25, 0.3) is 0 Å². The van der Waals surface area contributed by atoms with Gasteiger partial charge in [-0.05, 0) is 42.0 Å². The van der Waals surface area contributed by atoms with Gasteiger partial charge in [-0.3, -0.25) is 4.98 Å². The maximum Gasteiger partial charge on any atom is 0.363 e. The number of nitrogens with zero attached hydrogens (tertiary/aromatic N) is 2. The Morgan fingerprint density at radius 2 is 1.86 bits per heavy atom. The smallest absolute Gasteiger partial charge is 0.363 e. The topological polar surface area (TPSA) is 51.5 Å². The van der Waals surface area contributed by atoms with Crippen molar-refractivity contribution in [2.45, 2.75) is 0 Å². The van der Waals surface area contributed by atoms with Crippen LogP contribution < -0.4 is 0 Å². The molecule has 2 heterocycles. The van der Waals surface area contributed by atoms with Crippen LogP contribution in [-0.4, -0.2) is 16.9 Å². The first-order valence-electron chi connectivity index (χ1n) is 6.01. The normalized spacial score (nSPS) is 16.0. The van der Waals surface area contributed by atoms with Gasteiger partial charge in [0.2, 0.25) is 5.90 Å². The first-order chi connectivity index (χ1) is 10.1. The van der Waals surface area contributed by atoms with Crippen LogP contribution >= 0.6 is 23.2 Å². The molecule has 0 spiro atoms. The van der Waals surface area contributed by atoms with E-state index in [1.54, 1.807) is 48.8 Å². The van der Waals surface area contributed by atoms with Crippen molar-refractivity contribution in [3.05, 3.63) is 69.6 Å². The van der Waals surface area contributed by atoms with Gasteiger partial charge in [0, 0.05) is 17.4 Å². The van der Waals surface area contributed by atoms with Crippen LogP contribution in [0.2, 0.25) is 10.0 Å². The fraction of sp³-hybridized carbons (Fsp3) is 0. The van der Waals surface area contributed by atoms with Crippen LogP contribution in [-0.2, 0) is 9.53 Å². The summed E-state index contributed by atoms with van der Waals surface area (Å²) in [5.74, 6) is -0.352. The molecule has 6 heteroatoms. The van der Waals surface area contributed by atoms with E-state index in [1.165, 1.54) is 0 Å². The lowest BCUT2D eigenvalue weighted by atomic mass is 10.2. The molecule has 1 aromatic heterocycles. The van der Waals surface area contributed by atoms with Gasteiger partial charge in [-0.1, -0.05) is 23.2 Å². The van der Waals surface area contributed by atoms with Crippen LogP contribution in [0.1, 0.15) is 11.1 Å². The Morgan fingerprint density at radius 3 is 2.57 bits per heavy atom. The van der Waals surface area contributed by atoms with E-state index in [-0.39, 0.29) is 11.6 Å². The average molecular weight is 319 g/mol. The van der Waals surface area contributed by atoms with Crippen molar-refractivity contribution in [3.63, 3.8) is 0 Å². The van der Waals surface area contributed by atoms with Crippen LogP contribution in [0.3, 0.4) is 0 Å². The molecule has 1 aliphatic rings. The summed E-state index contributed by atoms with van der Waals surface area (Å²) >= 11 is 11.9. The van der Waals surface area contributed by atoms with Crippen molar-refractivity contribution >= 4 is 41.1 Å². The summed E-state index contributed by atoms with van der Waals surface area (Å²) < 4.78 is 5.15. The quantitative estimate of drug-likeness (QED) is 0.626. The molecule has 0 unspecified atom stereocenters. The van der Waals surface area contributed by atoms with Gasteiger partial charge in [0.05, 0.1) is 10.6 Å². The number of cyclic esters (lactones) is 1. The summed E-state index contributed by atoms with van der Waals surface area (Å²) in [7, 11) is 0. The van der Waals surface area contributed by atoms with Crippen molar-refractivity contribution < 1.29 is 9.53 Å². The average Bonchev–Trinajstić information content (AvgIpc) is 2.81. The molecular formula is C15H8Cl2N2O2. The molecule has 0 bridgehead atoms. The van der Waals surface area contributed by atoms with Crippen LogP contribution in [0.5, 0.6) is 0 Å². The highest BCUT2D eigenvalue weighted by Crippen LogP contribution is 2.26. The second kappa shape index (κ2) is 5.68. The summed E-state index contributed by atoms with van der Waals surface area (Å²) in [6, 6.07) is 8.42. The molecule has 0 amide bonds. The first-order valence-corrected chi connectivity index (χ1v) is 6.77. The molecule has 0 saturated heterocycles. The van der Waals surface area contributed by atoms with Crippen LogP contribution in [0, 0.1) is 0 Å². The van der Waals surface area contributed by atoms with Crippen LogP contribution in [0.25, 0.3) is 6.08 Å². The molecule has 21 heavy (non-hydrogen) atoms. The number of esters is 1. The lowest BCUT2D eigenvalue weighted by molar-refractivity contribution is -0.129. The summed E-state index contributed by atoms with van der Waals surface area (Å²) in [5, 5.41) is 0.875. The number of carbonyl (C=O) groups excluding carboxylic acids is 1. The molecule has 3 rings (SSSR count). The van der Waals surface area contributed by atoms with E-state index in [4.69, 9.17) is 27.9 Å². The number of aromatic nitrogens is 1. The third-order valence-corrected chi connectivity index (χ3v) is 3.34. The van der Waals surface area contributed by atoms with Crippen LogP contribution in [0.15, 0.2) is 53.4 Å². The van der Waals surface area contributed by atoms with Crippen LogP contribution in [0.4, 0.5) is 0 Å². The molecule has 0 fully saturated rings. The van der Waals surface area contributed by atoms with E-state index in [1.807, 2.05) is 0 Å². The Bertz CT molecular complexity index is 770. The Morgan fingerprint density at radius 1 is 1.10 bits per heavy atom. The lowest BCUT2D eigenvalue weighted by Crippen LogP contribution is -2.05. The van der Waals surface area contributed by atoms with E-state index in [2.05, 4.69) is 9.98 Å². The molecule has 0 saturated carbocycles. The Labute approximate surface area is 130 Å². The summed E-state index contributed by atoms with van der Waals surface area (Å²) in [5.41, 5.74) is 1.54. The van der Waals surface area contributed by atoms with Crippen molar-refractivity contribution in [2.24, 2.45) is 4.99 Å². The molecule has 1 aliphatic heterocycles. The standard InChI is InChI=1S/C15H8Cl2N2O2/c16-10-1-2-11(12(17)8-10)14-19-13(15(20)21-14)7-9-3-5-18-6-4-9/h1-8H. The number of carbonyl (C=O) groups is 1. The SMILES string of the molecule is O=C1OC(c2ccc(Cl)cc2Cl)=NC1=Cc1ccncc1. The zero-order valence-corrected chi connectivity index (χ0v) is 12.1. The summed E-state index contributed by atoms with van der Waals surface area (Å²) in [6.45, 7) is 0. The highest BCUT2D eigenvalue weighted by Gasteiger charge is 2.25. The van der Waals surface area contributed by atoms with Crippen molar-refractivity contribution in [2.75, 3.05) is 0 Å². The fourth-order valence-electron chi connectivity index (χ4n) is 1.80. The number of ether oxygens (including phenoxy) is 1. The maximum absolute atomic E-state index is 11.9. The first kappa shape index (κ1) is 13.8. The zero-order chi connectivity index (χ0) is 14.8. The van der Waals surface area contributed by atoms with Gasteiger partial charge in [-0.2, -0.15) is 0 Å². The molecule has 0 aliphatic carbocycles. The van der Waals surface area contributed by atoms with E-state index in [0.717, 1.165) is 5.56 Å². The maximum atomic E-state index is 11.9. The van der Waals surface area contributed by atoms with E-state index in [0.29, 0.717) is 15.6 Å². The lowest BCUT2D eigenvalue weighted by Gasteiger charge is -2.02. The van der Waals surface area contributed by atoms with Crippen molar-refractivity contribution in [3.8, 4) is 0 Å². The van der Waals surface area contributed by atoms with Gasteiger partial charge in [-0.25, -0.2) is 9.79 Å². The van der Waals surface area contributed by atoms with Gasteiger partial charge in [-0.15, -0.1) is 0 Å². The molecule has 0 N–H and O–H groups in total. The highest BCUT2D eigenvalue weighted by atomic mass is 35.5. The summed E-state index contributed by atoms with van der Waals surface area (Å²) in [6.07, 6.45) is 4.89. The largest absolute Gasteiger partial charge is 0.402 e. The minimum atomic E-state index is -0.521. The number of aliphatic imine (C=N–C) groups is 1. The second-order valence-electron chi connectivity index (χ2n) is 4.24. The van der Waals surface area contributed by atoms with E-state index < -0.39 is 5.97 Å². The van der Waals surface area contributed by atoms with Crippen molar-refractivity contribution in [1.29, 1.82) is 0 Å². The molecule has 2 aromatic rings. The number of hydrogen-bond donors (Lipinski definition) is 0. The van der Waals surface area contributed by atoms with Gasteiger partial charge >= 0.3 is 5.97 Å². The Balaban J connectivity index is 1.97. The molecule has 1 aromatic carbocycles. The fourth-order valence-corrected chi connectivity index (χ4v) is 2.29. The number of halogens is 2.